The molecule has 2 aromatic carbocycles. The van der Waals surface area contributed by atoms with E-state index in [4.69, 9.17) is 20.8 Å². The zero-order valence-corrected chi connectivity index (χ0v) is 17.4. The van der Waals surface area contributed by atoms with Crippen molar-refractivity contribution in [1.82, 2.24) is 4.90 Å². The van der Waals surface area contributed by atoms with E-state index >= 15 is 0 Å². The van der Waals surface area contributed by atoms with Gasteiger partial charge < -0.3 is 14.1 Å². The van der Waals surface area contributed by atoms with Crippen molar-refractivity contribution in [1.29, 1.82) is 0 Å². The van der Waals surface area contributed by atoms with Gasteiger partial charge in [0, 0.05) is 12.6 Å². The number of rotatable bonds is 6. The van der Waals surface area contributed by atoms with Gasteiger partial charge in [-0.25, -0.2) is 0 Å². The summed E-state index contributed by atoms with van der Waals surface area (Å²) in [6.07, 6.45) is -1.49. The van der Waals surface area contributed by atoms with E-state index in [0.29, 0.717) is 11.8 Å². The van der Waals surface area contributed by atoms with Crippen molar-refractivity contribution >= 4 is 22.6 Å². The monoisotopic (exact) mass is 451 g/mol. The summed E-state index contributed by atoms with van der Waals surface area (Å²) in [5, 5.41) is 0.549. The van der Waals surface area contributed by atoms with Gasteiger partial charge in [-0.15, -0.1) is 0 Å². The predicted octanol–water partition coefficient (Wildman–Crippen LogP) is 6.00. The lowest BCUT2D eigenvalue weighted by molar-refractivity contribution is -0.137. The molecule has 0 saturated carbocycles. The molecule has 2 heterocycles. The number of likely N-dealkylation sites (tertiary alicyclic amines) is 1. The number of alkyl halides is 3. The second kappa shape index (κ2) is 8.93. The van der Waals surface area contributed by atoms with Crippen LogP contribution in [0.25, 0.3) is 22.3 Å². The molecule has 0 amide bonds. The van der Waals surface area contributed by atoms with Gasteiger partial charge in [0.1, 0.15) is 11.5 Å². The van der Waals surface area contributed by atoms with Gasteiger partial charge in [0.2, 0.25) is 0 Å². The third-order valence-corrected chi connectivity index (χ3v) is 5.65. The zero-order valence-electron chi connectivity index (χ0n) is 16.7. The standard InChI is InChI=1S/C23H21ClF3NO3/c24-18-6-3-5-16-19(29)14-21(31-22(16)18)17-8-7-15(23(25,26)27)13-20(17)30-12-4-11-28-9-1-2-10-28/h3,5-8,13-14H,1-2,4,9-12H2. The summed E-state index contributed by atoms with van der Waals surface area (Å²) in [7, 11) is 0. The summed E-state index contributed by atoms with van der Waals surface area (Å²) in [5.74, 6) is 0.125. The van der Waals surface area contributed by atoms with Gasteiger partial charge in [-0.3, -0.25) is 4.79 Å². The number of benzene rings is 2. The van der Waals surface area contributed by atoms with Crippen LogP contribution in [-0.4, -0.2) is 31.1 Å². The average molecular weight is 452 g/mol. The summed E-state index contributed by atoms with van der Waals surface area (Å²) in [4.78, 5) is 14.8. The van der Waals surface area contributed by atoms with Gasteiger partial charge in [0.25, 0.3) is 0 Å². The topological polar surface area (TPSA) is 42.7 Å². The van der Waals surface area contributed by atoms with Crippen LogP contribution in [0.3, 0.4) is 0 Å². The van der Waals surface area contributed by atoms with E-state index in [1.165, 1.54) is 25.0 Å². The fourth-order valence-electron chi connectivity index (χ4n) is 3.77. The van der Waals surface area contributed by atoms with E-state index in [2.05, 4.69) is 4.90 Å². The maximum atomic E-state index is 13.3. The minimum Gasteiger partial charge on any atom is -0.493 e. The van der Waals surface area contributed by atoms with E-state index < -0.39 is 11.7 Å². The molecule has 164 valence electrons. The lowest BCUT2D eigenvalue weighted by Gasteiger charge is -2.17. The molecule has 31 heavy (non-hydrogen) atoms. The number of halogens is 4. The van der Waals surface area contributed by atoms with Crippen molar-refractivity contribution in [2.45, 2.75) is 25.4 Å². The molecular weight excluding hydrogens is 431 g/mol. The van der Waals surface area contributed by atoms with Crippen LogP contribution in [-0.2, 0) is 6.18 Å². The van der Waals surface area contributed by atoms with Crippen molar-refractivity contribution in [3.63, 3.8) is 0 Å². The molecule has 0 unspecified atom stereocenters. The van der Waals surface area contributed by atoms with Crippen molar-refractivity contribution in [2.24, 2.45) is 0 Å². The number of para-hydroxylation sites is 1. The molecule has 0 atom stereocenters. The Kier molecular flexibility index (Phi) is 6.25. The highest BCUT2D eigenvalue weighted by Crippen LogP contribution is 2.38. The van der Waals surface area contributed by atoms with Crippen molar-refractivity contribution in [3.05, 3.63) is 63.3 Å². The summed E-state index contributed by atoms with van der Waals surface area (Å²) in [5.41, 5.74) is -0.703. The van der Waals surface area contributed by atoms with Crippen LogP contribution in [0, 0.1) is 0 Å². The van der Waals surface area contributed by atoms with Crippen LogP contribution in [0.5, 0.6) is 5.75 Å². The summed E-state index contributed by atoms with van der Waals surface area (Å²) in [6, 6.07) is 9.20. The van der Waals surface area contributed by atoms with E-state index in [0.717, 1.165) is 31.8 Å². The summed E-state index contributed by atoms with van der Waals surface area (Å²) in [6.45, 7) is 3.16. The molecule has 1 saturated heterocycles. The van der Waals surface area contributed by atoms with Crippen molar-refractivity contribution in [2.75, 3.05) is 26.2 Å². The number of fused-ring (bicyclic) bond motifs is 1. The van der Waals surface area contributed by atoms with Crippen LogP contribution in [0.1, 0.15) is 24.8 Å². The maximum Gasteiger partial charge on any atom is 0.416 e. The second-order valence-corrected chi connectivity index (χ2v) is 7.96. The van der Waals surface area contributed by atoms with Crippen LogP contribution < -0.4 is 10.2 Å². The van der Waals surface area contributed by atoms with Gasteiger partial charge >= 0.3 is 6.18 Å². The largest absolute Gasteiger partial charge is 0.493 e. The van der Waals surface area contributed by atoms with Crippen LogP contribution in [0.4, 0.5) is 13.2 Å². The lowest BCUT2D eigenvalue weighted by atomic mass is 10.1. The maximum absolute atomic E-state index is 13.3. The van der Waals surface area contributed by atoms with E-state index in [1.54, 1.807) is 18.2 Å². The van der Waals surface area contributed by atoms with E-state index in [1.807, 2.05) is 0 Å². The Bertz CT molecular complexity index is 1140. The average Bonchev–Trinajstić information content (AvgIpc) is 3.25. The SMILES string of the molecule is O=c1cc(-c2ccc(C(F)(F)F)cc2OCCCN2CCCC2)oc2c(Cl)cccc12. The highest BCUT2D eigenvalue weighted by atomic mass is 35.5. The Morgan fingerprint density at radius 1 is 1.10 bits per heavy atom. The highest BCUT2D eigenvalue weighted by molar-refractivity contribution is 6.34. The Morgan fingerprint density at radius 3 is 2.61 bits per heavy atom. The Labute approximate surface area is 182 Å². The molecule has 4 nitrogen and oxygen atoms in total. The summed E-state index contributed by atoms with van der Waals surface area (Å²) >= 11 is 6.16. The normalized spacial score (nSPS) is 15.0. The second-order valence-electron chi connectivity index (χ2n) is 7.55. The van der Waals surface area contributed by atoms with Crippen molar-refractivity contribution < 1.29 is 22.3 Å². The first-order valence-electron chi connectivity index (χ1n) is 10.1. The first-order valence-corrected chi connectivity index (χ1v) is 10.5. The van der Waals surface area contributed by atoms with Crippen LogP contribution >= 0.6 is 11.6 Å². The fraction of sp³-hybridized carbons (Fsp3) is 0.348. The number of hydrogen-bond donors (Lipinski definition) is 0. The molecule has 0 aliphatic carbocycles. The first-order chi connectivity index (χ1) is 14.8. The molecule has 8 heteroatoms. The van der Waals surface area contributed by atoms with Crippen molar-refractivity contribution in [3.8, 4) is 17.1 Å². The number of hydrogen-bond acceptors (Lipinski definition) is 4. The molecule has 0 N–H and O–H groups in total. The third kappa shape index (κ3) is 4.88. The van der Waals surface area contributed by atoms with Gasteiger partial charge in [-0.1, -0.05) is 17.7 Å². The van der Waals surface area contributed by atoms with E-state index in [-0.39, 0.29) is 39.7 Å². The zero-order chi connectivity index (χ0) is 22.0. The van der Waals surface area contributed by atoms with Gasteiger partial charge in [0.15, 0.2) is 11.0 Å². The Balaban J connectivity index is 1.66. The molecule has 1 aliphatic heterocycles. The molecule has 0 radical (unpaired) electrons. The predicted molar refractivity (Wildman–Crippen MR) is 114 cm³/mol. The van der Waals surface area contributed by atoms with Gasteiger partial charge in [-0.05, 0) is 62.7 Å². The van der Waals surface area contributed by atoms with Crippen LogP contribution in [0.15, 0.2) is 51.7 Å². The Morgan fingerprint density at radius 2 is 1.87 bits per heavy atom. The van der Waals surface area contributed by atoms with Gasteiger partial charge in [-0.2, -0.15) is 13.2 Å². The fourth-order valence-corrected chi connectivity index (χ4v) is 3.99. The molecule has 3 aromatic rings. The molecule has 1 aromatic heterocycles. The molecule has 0 spiro atoms. The molecule has 1 fully saturated rings. The first kappa shape index (κ1) is 21.7. The third-order valence-electron chi connectivity index (χ3n) is 5.36. The quantitative estimate of drug-likeness (QED) is 0.431. The smallest absolute Gasteiger partial charge is 0.416 e. The molecular formula is C23H21ClF3NO3. The van der Waals surface area contributed by atoms with Crippen LogP contribution in [0.2, 0.25) is 5.02 Å². The van der Waals surface area contributed by atoms with Gasteiger partial charge in [0.05, 0.1) is 28.1 Å². The van der Waals surface area contributed by atoms with E-state index in [9.17, 15) is 18.0 Å². The highest BCUT2D eigenvalue weighted by Gasteiger charge is 2.31. The Hall–Kier alpha value is -2.51. The molecule has 0 bridgehead atoms. The number of nitrogens with zero attached hydrogens (tertiary/aromatic N) is 1. The minimum atomic E-state index is -4.51. The molecule has 4 rings (SSSR count). The molecule has 1 aliphatic rings. The summed E-state index contributed by atoms with van der Waals surface area (Å²) < 4.78 is 51.4. The lowest BCUT2D eigenvalue weighted by Crippen LogP contribution is -2.22. The minimum absolute atomic E-state index is 0.0193. The number of ether oxygens (including phenoxy) is 1.